The van der Waals surface area contributed by atoms with Gasteiger partial charge in [-0.05, 0) is 37.5 Å². The molecule has 0 radical (unpaired) electrons. The van der Waals surface area contributed by atoms with Gasteiger partial charge in [0.15, 0.2) is 0 Å². The third-order valence-electron chi connectivity index (χ3n) is 5.86. The summed E-state index contributed by atoms with van der Waals surface area (Å²) >= 11 is 1.37. The number of hydrogen-bond donors (Lipinski definition) is 0. The fraction of sp³-hybridized carbons (Fsp3) is 0.391. The molecule has 1 fully saturated rings. The molecule has 1 aromatic carbocycles. The second-order valence-electron chi connectivity index (χ2n) is 8.82. The Hall–Kier alpha value is -2.92. The number of aromatic nitrogens is 3. The van der Waals surface area contributed by atoms with Gasteiger partial charge in [-0.2, -0.15) is 18.2 Å². The van der Waals surface area contributed by atoms with Crippen LogP contribution in [0.4, 0.5) is 23.4 Å². The van der Waals surface area contributed by atoms with Crippen molar-refractivity contribution in [1.82, 2.24) is 24.3 Å². The number of likely N-dealkylation sites (tertiary alicyclic amines) is 1. The van der Waals surface area contributed by atoms with Crippen molar-refractivity contribution in [2.75, 3.05) is 27.2 Å². The molecule has 1 aliphatic rings. The Balaban J connectivity index is 1.59. The lowest BCUT2D eigenvalue weighted by Crippen LogP contribution is -2.52. The Morgan fingerprint density at radius 2 is 1.88 bits per heavy atom. The average molecular weight is 495 g/mol. The molecule has 6 nitrogen and oxygen atoms in total. The normalized spacial score (nSPS) is 16.8. The fourth-order valence-corrected chi connectivity index (χ4v) is 5.16. The van der Waals surface area contributed by atoms with Gasteiger partial charge in [-0.1, -0.05) is 12.1 Å². The van der Waals surface area contributed by atoms with Gasteiger partial charge in [0.25, 0.3) is 5.91 Å². The lowest BCUT2D eigenvalue weighted by Gasteiger charge is -2.34. The number of rotatable bonds is 5. The number of thiazole rings is 1. The molecule has 1 atom stereocenters. The van der Waals surface area contributed by atoms with Crippen LogP contribution in [0.3, 0.4) is 0 Å². The summed E-state index contributed by atoms with van der Waals surface area (Å²) in [5, 5.41) is 0.718. The maximum absolute atomic E-state index is 13.6. The van der Waals surface area contributed by atoms with Gasteiger partial charge in [-0.15, -0.1) is 11.3 Å². The van der Waals surface area contributed by atoms with Crippen LogP contribution in [0, 0.1) is 12.7 Å². The summed E-state index contributed by atoms with van der Waals surface area (Å²) in [6.07, 6.45) is -2.02. The molecular formula is C23H24F4N5OS+. The standard InChI is InChI=1S/C23H24F4N5OS/c1-14-29-19(20(34-14)15-6-8-16(24)9-7-15)21(33)31-12-4-5-17(31)13-32(2,3)18-10-11-28-22(30-18)23(25,26)27/h6-11,17H,4-5,12-13H2,1-3H3/q+1/t17-/m0/s1. The van der Waals surface area contributed by atoms with Gasteiger partial charge in [-0.3, -0.25) is 9.28 Å². The van der Waals surface area contributed by atoms with Crippen molar-refractivity contribution in [2.45, 2.75) is 32.0 Å². The van der Waals surface area contributed by atoms with Gasteiger partial charge >= 0.3 is 6.18 Å². The highest BCUT2D eigenvalue weighted by molar-refractivity contribution is 7.15. The Morgan fingerprint density at radius 1 is 1.18 bits per heavy atom. The maximum Gasteiger partial charge on any atom is 0.451 e. The topological polar surface area (TPSA) is 59.0 Å². The number of aryl methyl sites for hydroxylation is 1. The molecule has 0 bridgehead atoms. The van der Waals surface area contributed by atoms with Crippen LogP contribution in [0.1, 0.15) is 34.2 Å². The summed E-state index contributed by atoms with van der Waals surface area (Å²) in [5.41, 5.74) is 1.02. The summed E-state index contributed by atoms with van der Waals surface area (Å²) in [7, 11) is 3.53. The zero-order valence-electron chi connectivity index (χ0n) is 18.9. The molecule has 1 saturated heterocycles. The molecule has 3 aromatic rings. The Bertz CT molecular complexity index is 1190. The van der Waals surface area contributed by atoms with E-state index in [1.807, 2.05) is 6.92 Å². The van der Waals surface area contributed by atoms with Crippen LogP contribution in [0.25, 0.3) is 10.4 Å². The lowest BCUT2D eigenvalue weighted by atomic mass is 10.1. The van der Waals surface area contributed by atoms with Crippen molar-refractivity contribution in [3.63, 3.8) is 0 Å². The van der Waals surface area contributed by atoms with Crippen molar-refractivity contribution in [2.24, 2.45) is 0 Å². The van der Waals surface area contributed by atoms with E-state index in [1.165, 1.54) is 29.5 Å². The lowest BCUT2D eigenvalue weighted by molar-refractivity contribution is -0.145. The van der Waals surface area contributed by atoms with Gasteiger partial charge in [-0.25, -0.2) is 14.4 Å². The highest BCUT2D eigenvalue weighted by Crippen LogP contribution is 2.34. The quantitative estimate of drug-likeness (QED) is 0.373. The van der Waals surface area contributed by atoms with Crippen molar-refractivity contribution < 1.29 is 22.4 Å². The number of alkyl halides is 3. The molecule has 0 saturated carbocycles. The van der Waals surface area contributed by atoms with Crippen molar-refractivity contribution >= 4 is 23.1 Å². The first-order valence-corrected chi connectivity index (χ1v) is 11.6. The number of carbonyl (C=O) groups excluding carboxylic acids is 1. The van der Waals surface area contributed by atoms with Crippen molar-refractivity contribution in [1.29, 1.82) is 0 Å². The predicted molar refractivity (Wildman–Crippen MR) is 122 cm³/mol. The van der Waals surface area contributed by atoms with E-state index >= 15 is 0 Å². The van der Waals surface area contributed by atoms with Crippen molar-refractivity contribution in [3.8, 4) is 10.4 Å². The van der Waals surface area contributed by atoms with E-state index in [2.05, 4.69) is 15.0 Å². The smallest absolute Gasteiger partial charge is 0.329 e. The number of nitrogens with zero attached hydrogens (tertiary/aromatic N) is 5. The molecule has 1 aliphatic heterocycles. The van der Waals surface area contributed by atoms with Gasteiger partial charge in [0.2, 0.25) is 11.6 Å². The van der Waals surface area contributed by atoms with Gasteiger partial charge in [0.1, 0.15) is 18.1 Å². The zero-order chi connectivity index (χ0) is 24.7. The molecule has 2 aromatic heterocycles. The molecule has 180 valence electrons. The van der Waals surface area contributed by atoms with Crippen LogP contribution in [0.2, 0.25) is 0 Å². The largest absolute Gasteiger partial charge is 0.451 e. The maximum atomic E-state index is 13.6. The van der Waals surface area contributed by atoms with E-state index < -0.39 is 12.0 Å². The average Bonchev–Trinajstić information content (AvgIpc) is 3.39. The van der Waals surface area contributed by atoms with Crippen LogP contribution in [-0.4, -0.2) is 59.0 Å². The molecule has 0 unspecified atom stereocenters. The molecular weight excluding hydrogens is 470 g/mol. The molecule has 34 heavy (non-hydrogen) atoms. The number of amides is 1. The molecule has 3 heterocycles. The zero-order valence-corrected chi connectivity index (χ0v) is 19.8. The fourth-order valence-electron chi connectivity index (χ4n) is 4.24. The van der Waals surface area contributed by atoms with E-state index in [9.17, 15) is 22.4 Å². The first kappa shape index (κ1) is 24.2. The molecule has 11 heteroatoms. The Morgan fingerprint density at radius 3 is 2.56 bits per heavy atom. The van der Waals surface area contributed by atoms with E-state index in [0.717, 1.165) is 24.0 Å². The predicted octanol–water partition coefficient (Wildman–Crippen LogP) is 4.94. The summed E-state index contributed by atoms with van der Waals surface area (Å²) < 4.78 is 52.8. The molecule has 4 rings (SSSR count). The highest BCUT2D eigenvalue weighted by atomic mass is 32.1. The molecule has 0 aliphatic carbocycles. The number of benzene rings is 1. The second kappa shape index (κ2) is 9.03. The molecule has 0 N–H and O–H groups in total. The van der Waals surface area contributed by atoms with Crippen molar-refractivity contribution in [3.05, 3.63) is 58.9 Å². The minimum Gasteiger partial charge on any atom is -0.329 e. The third-order valence-corrected chi connectivity index (χ3v) is 6.88. The first-order valence-electron chi connectivity index (χ1n) is 10.7. The SMILES string of the molecule is Cc1nc(C(=O)N2CCC[C@H]2C[N+](C)(C)c2ccnc(C(F)(F)F)n2)c(-c2ccc(F)cc2)s1. The molecule has 1 amide bonds. The summed E-state index contributed by atoms with van der Waals surface area (Å²) in [4.78, 5) is 27.5. The van der Waals surface area contributed by atoms with Crippen LogP contribution in [0.15, 0.2) is 36.5 Å². The summed E-state index contributed by atoms with van der Waals surface area (Å²) in [5.74, 6) is -1.56. The number of hydrogen-bond acceptors (Lipinski definition) is 5. The summed E-state index contributed by atoms with van der Waals surface area (Å²) in [6, 6.07) is 7.19. The minimum atomic E-state index is -4.63. The Labute approximate surface area is 198 Å². The third kappa shape index (κ3) is 4.95. The van der Waals surface area contributed by atoms with Crippen LogP contribution < -0.4 is 4.48 Å². The first-order chi connectivity index (χ1) is 16.0. The number of likely N-dealkylation sites (N-methyl/N-ethyl adjacent to an activating group) is 1. The van der Waals surface area contributed by atoms with Crippen LogP contribution in [0.5, 0.6) is 0 Å². The second-order valence-corrected chi connectivity index (χ2v) is 10.0. The van der Waals surface area contributed by atoms with Gasteiger partial charge in [0, 0.05) is 18.8 Å². The van der Waals surface area contributed by atoms with E-state index in [0.29, 0.717) is 29.2 Å². The van der Waals surface area contributed by atoms with Crippen LogP contribution in [-0.2, 0) is 6.18 Å². The minimum absolute atomic E-state index is 0.0565. The van der Waals surface area contributed by atoms with E-state index in [4.69, 9.17) is 0 Å². The highest BCUT2D eigenvalue weighted by Gasteiger charge is 2.40. The van der Waals surface area contributed by atoms with E-state index in [1.54, 1.807) is 31.1 Å². The number of carbonyl (C=O) groups is 1. The van der Waals surface area contributed by atoms with Gasteiger partial charge < -0.3 is 4.90 Å². The van der Waals surface area contributed by atoms with E-state index in [-0.39, 0.29) is 28.1 Å². The Kier molecular flexibility index (Phi) is 6.43. The van der Waals surface area contributed by atoms with Crippen LogP contribution >= 0.6 is 11.3 Å². The molecule has 0 spiro atoms. The summed E-state index contributed by atoms with van der Waals surface area (Å²) in [6.45, 7) is 2.72. The monoisotopic (exact) mass is 494 g/mol. The van der Waals surface area contributed by atoms with Gasteiger partial charge in [0.05, 0.1) is 30.0 Å². The number of quaternary nitrogens is 1. The number of halogens is 4.